The number of rotatable bonds is 9. The zero-order valence-corrected chi connectivity index (χ0v) is 19.0. The van der Waals surface area contributed by atoms with Crippen LogP contribution in [0.3, 0.4) is 0 Å². The Morgan fingerprint density at radius 3 is 2.67 bits per heavy atom. The molecule has 1 aliphatic rings. The molecule has 4 rings (SSSR count). The maximum atomic E-state index is 13.4. The van der Waals surface area contributed by atoms with Crippen LogP contribution >= 0.6 is 0 Å². The summed E-state index contributed by atoms with van der Waals surface area (Å²) in [6.07, 6.45) is 4.15. The molecule has 0 saturated carbocycles. The fraction of sp³-hybridized carbons (Fsp3) is 0.417. The molecule has 1 aliphatic heterocycles. The minimum Gasteiger partial charge on any atom is -0.495 e. The van der Waals surface area contributed by atoms with Crippen molar-refractivity contribution in [3.8, 4) is 5.75 Å². The Morgan fingerprint density at radius 1 is 1.12 bits per heavy atom. The number of carbonyl (C=O) groups is 1. The zero-order valence-electron chi connectivity index (χ0n) is 19.0. The first-order valence-electron chi connectivity index (χ1n) is 11.4. The molecule has 2 aromatic heterocycles. The van der Waals surface area contributed by atoms with Crippen molar-refractivity contribution in [2.75, 3.05) is 56.2 Å². The number of para-hydroxylation sites is 2. The molecule has 1 aromatic carbocycles. The van der Waals surface area contributed by atoms with Crippen molar-refractivity contribution in [1.82, 2.24) is 14.5 Å². The predicted molar refractivity (Wildman–Crippen MR) is 128 cm³/mol. The van der Waals surface area contributed by atoms with E-state index in [2.05, 4.69) is 21.0 Å². The van der Waals surface area contributed by atoms with Gasteiger partial charge in [-0.3, -0.25) is 9.80 Å². The summed E-state index contributed by atoms with van der Waals surface area (Å²) in [5.74, 6) is 0.979. The van der Waals surface area contributed by atoms with Gasteiger partial charge in [-0.25, -0.2) is 13.7 Å². The van der Waals surface area contributed by atoms with Gasteiger partial charge in [-0.05, 0) is 43.7 Å². The molecule has 1 fully saturated rings. The van der Waals surface area contributed by atoms with E-state index in [0.29, 0.717) is 17.9 Å². The maximum absolute atomic E-state index is 13.4. The van der Waals surface area contributed by atoms with Crippen LogP contribution in [0.4, 0.5) is 20.7 Å². The summed E-state index contributed by atoms with van der Waals surface area (Å²) >= 11 is 0. The first-order valence-corrected chi connectivity index (χ1v) is 11.4. The Morgan fingerprint density at radius 2 is 1.91 bits per heavy atom. The number of carbonyl (C=O) groups excluding carboxylic acids is 1. The lowest BCUT2D eigenvalue weighted by Crippen LogP contribution is -2.46. The lowest BCUT2D eigenvalue weighted by molar-refractivity contribution is 0.250. The van der Waals surface area contributed by atoms with Gasteiger partial charge < -0.3 is 15.4 Å². The van der Waals surface area contributed by atoms with Gasteiger partial charge >= 0.3 is 6.03 Å². The van der Waals surface area contributed by atoms with Crippen LogP contribution in [0, 0.1) is 5.82 Å². The quantitative estimate of drug-likeness (QED) is 0.502. The number of hydrogen-bond donors (Lipinski definition) is 1. The monoisotopic (exact) mass is 454 g/mol. The van der Waals surface area contributed by atoms with Crippen molar-refractivity contribution in [3.63, 3.8) is 0 Å². The fourth-order valence-corrected chi connectivity index (χ4v) is 4.30. The van der Waals surface area contributed by atoms with Gasteiger partial charge in [0.15, 0.2) is 5.82 Å². The summed E-state index contributed by atoms with van der Waals surface area (Å²) in [5, 5.41) is 4.29. The van der Waals surface area contributed by atoms with Crippen molar-refractivity contribution in [2.45, 2.75) is 19.3 Å². The number of primary amides is 1. The average Bonchev–Trinajstić information content (AvgIpc) is 3.24. The second-order valence-corrected chi connectivity index (χ2v) is 8.27. The SMILES string of the molecule is COc1ccccc1N1CCN(CCCCCN(C(N)=O)c2cc3ccc(F)cn3n2)CC1. The summed E-state index contributed by atoms with van der Waals surface area (Å²) < 4.78 is 20.3. The summed E-state index contributed by atoms with van der Waals surface area (Å²) in [4.78, 5) is 18.3. The average molecular weight is 455 g/mol. The molecule has 0 bridgehead atoms. The molecule has 176 valence electrons. The number of fused-ring (bicyclic) bond motifs is 1. The van der Waals surface area contributed by atoms with Crippen LogP contribution in [0.1, 0.15) is 19.3 Å². The van der Waals surface area contributed by atoms with E-state index in [4.69, 9.17) is 10.5 Å². The van der Waals surface area contributed by atoms with Gasteiger partial charge in [0, 0.05) is 38.8 Å². The molecular formula is C24H31FN6O2. The first-order chi connectivity index (χ1) is 16.0. The second-order valence-electron chi connectivity index (χ2n) is 8.27. The molecule has 33 heavy (non-hydrogen) atoms. The van der Waals surface area contributed by atoms with Gasteiger partial charge in [-0.2, -0.15) is 0 Å². The van der Waals surface area contributed by atoms with Crippen LogP contribution in [-0.2, 0) is 0 Å². The number of nitrogens with two attached hydrogens (primary N) is 1. The van der Waals surface area contributed by atoms with Gasteiger partial charge in [0.1, 0.15) is 11.6 Å². The zero-order chi connectivity index (χ0) is 23.2. The van der Waals surface area contributed by atoms with E-state index in [-0.39, 0.29) is 5.82 Å². The highest BCUT2D eigenvalue weighted by Gasteiger charge is 2.19. The number of anilines is 2. The number of pyridine rings is 1. The lowest BCUT2D eigenvalue weighted by atomic mass is 10.2. The maximum Gasteiger partial charge on any atom is 0.320 e. The number of urea groups is 1. The standard InChI is InChI=1S/C24H31FN6O2/c1-33-22-8-4-3-7-21(22)29-15-13-28(14-16-29)11-5-2-6-12-30(24(26)32)23-17-20-10-9-19(25)18-31(20)27-23/h3-4,7-10,17-18H,2,5-6,11-16H2,1H3,(H2,26,32). The van der Waals surface area contributed by atoms with Crippen LogP contribution in [-0.4, -0.2) is 66.9 Å². The molecule has 1 saturated heterocycles. The topological polar surface area (TPSA) is 79.3 Å². The number of aromatic nitrogens is 2. The summed E-state index contributed by atoms with van der Waals surface area (Å²) in [6.45, 7) is 5.51. The van der Waals surface area contributed by atoms with E-state index in [0.717, 1.165) is 63.4 Å². The predicted octanol–water partition coefficient (Wildman–Crippen LogP) is 3.36. The fourth-order valence-electron chi connectivity index (χ4n) is 4.30. The normalized spacial score (nSPS) is 14.5. The Labute approximate surface area is 193 Å². The summed E-state index contributed by atoms with van der Waals surface area (Å²) in [5.41, 5.74) is 7.44. The largest absolute Gasteiger partial charge is 0.495 e. The van der Waals surface area contributed by atoms with Crippen molar-refractivity contribution in [3.05, 3.63) is 54.5 Å². The number of halogens is 1. The van der Waals surface area contributed by atoms with Gasteiger partial charge in [0.25, 0.3) is 0 Å². The van der Waals surface area contributed by atoms with Gasteiger partial charge in [-0.15, -0.1) is 5.10 Å². The minimum absolute atomic E-state index is 0.383. The Kier molecular flexibility index (Phi) is 7.29. The van der Waals surface area contributed by atoms with Crippen molar-refractivity contribution >= 4 is 23.1 Å². The van der Waals surface area contributed by atoms with E-state index in [9.17, 15) is 9.18 Å². The lowest BCUT2D eigenvalue weighted by Gasteiger charge is -2.36. The van der Waals surface area contributed by atoms with Gasteiger partial charge in [0.05, 0.1) is 24.5 Å². The molecule has 8 nitrogen and oxygen atoms in total. The molecule has 0 unspecified atom stereocenters. The second kappa shape index (κ2) is 10.5. The summed E-state index contributed by atoms with van der Waals surface area (Å²) in [7, 11) is 1.71. The van der Waals surface area contributed by atoms with Crippen LogP contribution in [0.15, 0.2) is 48.7 Å². The van der Waals surface area contributed by atoms with Crippen LogP contribution < -0.4 is 20.3 Å². The number of ether oxygens (including phenoxy) is 1. The van der Waals surface area contributed by atoms with Crippen molar-refractivity contribution in [2.24, 2.45) is 5.73 Å². The molecule has 9 heteroatoms. The van der Waals surface area contributed by atoms with Gasteiger partial charge in [0.2, 0.25) is 0 Å². The molecule has 2 N–H and O–H groups in total. The smallest absolute Gasteiger partial charge is 0.320 e. The third-order valence-electron chi connectivity index (χ3n) is 6.11. The molecule has 0 spiro atoms. The van der Waals surface area contributed by atoms with Crippen LogP contribution in [0.2, 0.25) is 0 Å². The molecule has 0 atom stereocenters. The van der Waals surface area contributed by atoms with E-state index in [1.54, 1.807) is 19.2 Å². The number of piperazine rings is 1. The third-order valence-corrected chi connectivity index (χ3v) is 6.11. The molecule has 0 radical (unpaired) electrons. The number of amides is 2. The molecule has 0 aliphatic carbocycles. The highest BCUT2D eigenvalue weighted by molar-refractivity contribution is 5.90. The number of unbranched alkanes of at least 4 members (excludes halogenated alkanes) is 2. The van der Waals surface area contributed by atoms with Crippen molar-refractivity contribution < 1.29 is 13.9 Å². The molecule has 2 amide bonds. The van der Waals surface area contributed by atoms with Crippen molar-refractivity contribution in [1.29, 1.82) is 0 Å². The number of nitrogens with zero attached hydrogens (tertiary/aromatic N) is 5. The minimum atomic E-state index is -0.550. The van der Waals surface area contributed by atoms with Crippen LogP contribution in [0.25, 0.3) is 5.52 Å². The number of methoxy groups -OCH3 is 1. The highest BCUT2D eigenvalue weighted by atomic mass is 19.1. The van der Waals surface area contributed by atoms with E-state index >= 15 is 0 Å². The third kappa shape index (κ3) is 5.54. The van der Waals surface area contributed by atoms with Crippen LogP contribution in [0.5, 0.6) is 5.75 Å². The Hall–Kier alpha value is -3.33. The molecule has 3 aromatic rings. The Bertz CT molecular complexity index is 1080. The molecular weight excluding hydrogens is 423 g/mol. The number of hydrogen-bond acceptors (Lipinski definition) is 5. The first kappa shape index (κ1) is 22.8. The van der Waals surface area contributed by atoms with Gasteiger partial charge in [-0.1, -0.05) is 18.6 Å². The van der Waals surface area contributed by atoms with E-state index < -0.39 is 6.03 Å². The van der Waals surface area contributed by atoms with E-state index in [1.807, 2.05) is 18.2 Å². The highest BCUT2D eigenvalue weighted by Crippen LogP contribution is 2.28. The Balaban J connectivity index is 1.21. The molecule has 3 heterocycles. The number of benzene rings is 1. The van der Waals surface area contributed by atoms with E-state index in [1.165, 1.54) is 21.7 Å². The summed E-state index contributed by atoms with van der Waals surface area (Å²) in [6, 6.07) is 12.3.